The Morgan fingerprint density at radius 1 is 0.658 bits per heavy atom. The number of hydrogen-bond donors (Lipinski definition) is 4. The van der Waals surface area contributed by atoms with E-state index in [1.807, 2.05) is 4.90 Å². The van der Waals surface area contributed by atoms with Gasteiger partial charge in [0.05, 0.1) is 45.8 Å². The van der Waals surface area contributed by atoms with Gasteiger partial charge in [-0.2, -0.15) is 0 Å². The monoisotopic (exact) mass is 536 g/mol. The van der Waals surface area contributed by atoms with Crippen molar-refractivity contribution in [3.63, 3.8) is 0 Å². The van der Waals surface area contributed by atoms with Gasteiger partial charge in [0.1, 0.15) is 0 Å². The third-order valence-electron chi connectivity index (χ3n) is 10.4. The summed E-state index contributed by atoms with van der Waals surface area (Å²) in [7, 11) is 0. The van der Waals surface area contributed by atoms with E-state index in [1.165, 1.54) is 148 Å². The van der Waals surface area contributed by atoms with Crippen LogP contribution >= 0.6 is 0 Å². The van der Waals surface area contributed by atoms with E-state index in [1.54, 1.807) is 4.90 Å². The average Bonchev–Trinajstić information content (AvgIpc) is 2.90. The molecule has 0 spiro atoms. The maximum Gasteiger partial charge on any atom is 0.226 e. The average molecular weight is 536 g/mol. The van der Waals surface area contributed by atoms with Crippen molar-refractivity contribution in [3.05, 3.63) is 0 Å². The molecule has 4 saturated carbocycles. The van der Waals surface area contributed by atoms with Gasteiger partial charge in [-0.15, -0.1) is 0 Å². The van der Waals surface area contributed by atoms with E-state index in [4.69, 9.17) is 0 Å². The maximum atomic E-state index is 13.3. The van der Waals surface area contributed by atoms with Crippen LogP contribution in [0.3, 0.4) is 0 Å². The first kappa shape index (κ1) is 31.9. The molecule has 0 heterocycles. The summed E-state index contributed by atoms with van der Waals surface area (Å²) in [4.78, 5) is 16.9. The van der Waals surface area contributed by atoms with E-state index in [9.17, 15) is 4.79 Å². The van der Waals surface area contributed by atoms with Gasteiger partial charge in [-0.05, 0) is 82.0 Å². The highest BCUT2D eigenvalue weighted by Crippen LogP contribution is 2.60. The molecule has 222 valence electrons. The molecule has 2 unspecified atom stereocenters. The Bertz CT molecular complexity index is 603. The summed E-state index contributed by atoms with van der Waals surface area (Å²) in [6.07, 6.45) is 23.9. The van der Waals surface area contributed by atoms with Gasteiger partial charge in [-0.3, -0.25) is 4.79 Å². The number of carbonyl (C=O) groups is 1. The van der Waals surface area contributed by atoms with E-state index in [2.05, 4.69) is 24.9 Å². The highest BCUT2D eigenvalue weighted by Gasteiger charge is 2.54. The predicted octanol–water partition coefficient (Wildman–Crippen LogP) is 3.05. The minimum absolute atomic E-state index is 0.0139. The highest BCUT2D eigenvalue weighted by atomic mass is 16.2. The van der Waals surface area contributed by atoms with Gasteiger partial charge in [0.25, 0.3) is 0 Å². The smallest absolute Gasteiger partial charge is 0.226 e. The second kappa shape index (κ2) is 17.9. The third-order valence-corrected chi connectivity index (χ3v) is 10.4. The molecule has 38 heavy (non-hydrogen) atoms. The van der Waals surface area contributed by atoms with Gasteiger partial charge in [0.2, 0.25) is 5.91 Å². The molecule has 4 aliphatic rings. The fraction of sp³-hybridized carbons (Fsp3) is 0.970. The first-order valence-corrected chi connectivity index (χ1v) is 17.3. The highest BCUT2D eigenvalue weighted by molar-refractivity contribution is 5.83. The van der Waals surface area contributed by atoms with Crippen molar-refractivity contribution >= 4 is 5.91 Å². The predicted molar refractivity (Wildman–Crippen MR) is 159 cm³/mol. The molecule has 5 heteroatoms. The topological polar surface area (TPSA) is 65.6 Å². The molecule has 0 aromatic rings. The lowest BCUT2D eigenvalue weighted by molar-refractivity contribution is -0.907. The Hall–Kier alpha value is -0.650. The lowest BCUT2D eigenvalue weighted by Crippen LogP contribution is -3.13. The Labute approximate surface area is 236 Å². The first-order chi connectivity index (χ1) is 18.6. The fourth-order valence-corrected chi connectivity index (χ4v) is 8.60. The molecule has 0 saturated heterocycles. The number of unbranched alkanes of at least 4 members (excludes halogenated alkanes) is 7. The normalized spacial score (nSPS) is 27.5. The van der Waals surface area contributed by atoms with Crippen molar-refractivity contribution in [2.24, 2.45) is 23.2 Å². The lowest BCUT2D eigenvalue weighted by atomic mass is 9.49. The molecular weight excluding hydrogens is 468 g/mol. The molecule has 4 rings (SSSR count). The zero-order chi connectivity index (χ0) is 27.1. The molecule has 1 amide bonds. The van der Waals surface area contributed by atoms with Crippen LogP contribution in [0.1, 0.15) is 129 Å². The Balaban J connectivity index is 1.35. The van der Waals surface area contributed by atoms with Gasteiger partial charge in [-0.1, -0.05) is 39.5 Å². The standard InChI is InChI=1S/C33H64N4O/c1-3-5-7-9-17-36(21-13-15-34)19-11-12-20-37(18-10-8-6-4-2)22-14-16-35-32(38)33-26-29-23-30(27-33)25-31(24-29)28-33/h29-31H,3-28,34H2,1-2H3,(H,35,38)/p+3. The Morgan fingerprint density at radius 2 is 1.08 bits per heavy atom. The molecule has 6 N–H and O–H groups in total. The van der Waals surface area contributed by atoms with E-state index < -0.39 is 0 Å². The van der Waals surface area contributed by atoms with Crippen LogP contribution in [-0.2, 0) is 4.79 Å². The molecule has 2 atom stereocenters. The quantitative estimate of drug-likeness (QED) is 0.149. The number of amides is 1. The van der Waals surface area contributed by atoms with Crippen LogP contribution in [0.25, 0.3) is 0 Å². The molecule has 4 aliphatic carbocycles. The second-order valence-electron chi connectivity index (χ2n) is 13.8. The van der Waals surface area contributed by atoms with Crippen molar-refractivity contribution in [2.75, 3.05) is 52.4 Å². The van der Waals surface area contributed by atoms with Crippen LogP contribution < -0.4 is 20.9 Å². The number of rotatable bonds is 23. The lowest BCUT2D eigenvalue weighted by Gasteiger charge is -2.55. The third kappa shape index (κ3) is 10.7. The summed E-state index contributed by atoms with van der Waals surface area (Å²) in [5, 5.41) is 3.44. The molecule has 0 aromatic heterocycles. The van der Waals surface area contributed by atoms with E-state index in [0.717, 1.165) is 37.3 Å². The minimum atomic E-state index is 0.0139. The largest absolute Gasteiger partial charge is 0.357 e. The molecule has 0 aromatic carbocycles. The summed E-state index contributed by atoms with van der Waals surface area (Å²) in [6, 6.07) is 0. The zero-order valence-electron chi connectivity index (χ0n) is 25.7. The zero-order valence-corrected chi connectivity index (χ0v) is 25.7. The summed E-state index contributed by atoms with van der Waals surface area (Å²) in [5.41, 5.74) is 4.09. The molecule has 4 fully saturated rings. The summed E-state index contributed by atoms with van der Waals surface area (Å²) in [6.45, 7) is 14.4. The summed E-state index contributed by atoms with van der Waals surface area (Å²) < 4.78 is 0. The van der Waals surface area contributed by atoms with Gasteiger partial charge >= 0.3 is 0 Å². The van der Waals surface area contributed by atoms with Crippen molar-refractivity contribution in [2.45, 2.75) is 129 Å². The summed E-state index contributed by atoms with van der Waals surface area (Å²) >= 11 is 0. The second-order valence-corrected chi connectivity index (χ2v) is 13.8. The van der Waals surface area contributed by atoms with Crippen LogP contribution in [0.4, 0.5) is 0 Å². The van der Waals surface area contributed by atoms with Crippen LogP contribution in [0, 0.1) is 23.2 Å². The summed E-state index contributed by atoms with van der Waals surface area (Å²) in [5.74, 6) is 2.97. The molecule has 5 nitrogen and oxygen atoms in total. The number of hydrogen-bond acceptors (Lipinski definition) is 1. The van der Waals surface area contributed by atoms with E-state index in [-0.39, 0.29) is 5.41 Å². The Kier molecular flexibility index (Phi) is 15.0. The minimum Gasteiger partial charge on any atom is -0.357 e. The number of quaternary nitrogens is 3. The van der Waals surface area contributed by atoms with Crippen molar-refractivity contribution < 1.29 is 20.3 Å². The first-order valence-electron chi connectivity index (χ1n) is 17.3. The number of carbonyl (C=O) groups excluding carboxylic acids is 1. The number of nitrogens with one attached hydrogen (secondary N) is 3. The van der Waals surface area contributed by atoms with E-state index >= 15 is 0 Å². The molecular formula is C33H67N4O+3. The molecule has 0 radical (unpaired) electrons. The van der Waals surface area contributed by atoms with Crippen LogP contribution in [0.5, 0.6) is 0 Å². The molecule has 4 bridgehead atoms. The van der Waals surface area contributed by atoms with Gasteiger partial charge < -0.3 is 20.9 Å². The Morgan fingerprint density at radius 3 is 1.53 bits per heavy atom. The fourth-order valence-electron chi connectivity index (χ4n) is 8.60. The SMILES string of the molecule is CCCCCC[NH+](CCC[NH3+])CCCC[NH+](CCCCCC)CCCNC(=O)C12CC3CC(CC(C3)C1)C2. The van der Waals surface area contributed by atoms with Crippen LogP contribution in [-0.4, -0.2) is 58.3 Å². The van der Waals surface area contributed by atoms with Gasteiger partial charge in [-0.25, -0.2) is 0 Å². The maximum absolute atomic E-state index is 13.3. The van der Waals surface area contributed by atoms with Gasteiger partial charge in [0.15, 0.2) is 0 Å². The molecule has 0 aliphatic heterocycles. The van der Waals surface area contributed by atoms with Crippen molar-refractivity contribution in [1.29, 1.82) is 0 Å². The van der Waals surface area contributed by atoms with Crippen molar-refractivity contribution in [1.82, 2.24) is 5.32 Å². The van der Waals surface area contributed by atoms with Crippen LogP contribution in [0.2, 0.25) is 0 Å². The van der Waals surface area contributed by atoms with Crippen molar-refractivity contribution in [3.8, 4) is 0 Å². The van der Waals surface area contributed by atoms with Gasteiger partial charge in [0, 0.05) is 37.6 Å². The van der Waals surface area contributed by atoms with Crippen LogP contribution in [0.15, 0.2) is 0 Å². The van der Waals surface area contributed by atoms with E-state index in [0.29, 0.717) is 5.91 Å².